The van der Waals surface area contributed by atoms with Crippen LogP contribution in [-0.2, 0) is 30.5 Å². The Morgan fingerprint density at radius 3 is 2.03 bits per heavy atom. The Morgan fingerprint density at radius 1 is 0.892 bits per heavy atom. The van der Waals surface area contributed by atoms with E-state index >= 15 is 0 Å². The van der Waals surface area contributed by atoms with E-state index < -0.39 is 30.2 Å². The van der Waals surface area contributed by atoms with Crippen LogP contribution in [0.3, 0.4) is 0 Å². The summed E-state index contributed by atoms with van der Waals surface area (Å²) in [5, 5.41) is 20.1. The number of benzene rings is 1. The zero-order chi connectivity index (χ0) is 28.1. The van der Waals surface area contributed by atoms with Gasteiger partial charge in [0.1, 0.15) is 18.7 Å². The molecule has 0 heterocycles. The fraction of sp³-hybridized carbons (Fsp3) is 0.615. The lowest BCUT2D eigenvalue weighted by Crippen LogP contribution is -2.55. The van der Waals surface area contributed by atoms with E-state index in [1.807, 2.05) is 13.8 Å². The average molecular weight is 522 g/mol. The number of rotatable bonds is 15. The van der Waals surface area contributed by atoms with Crippen LogP contribution in [0.2, 0.25) is 0 Å². The lowest BCUT2D eigenvalue weighted by Gasteiger charge is -2.26. The highest BCUT2D eigenvalue weighted by atomic mass is 16.5. The van der Waals surface area contributed by atoms with Crippen molar-refractivity contribution in [1.82, 2.24) is 16.0 Å². The van der Waals surface area contributed by atoms with E-state index in [4.69, 9.17) is 10.5 Å². The minimum Gasteiger partial charge on any atom is -0.461 e. The molecule has 37 heavy (non-hydrogen) atoms. The summed E-state index contributed by atoms with van der Waals surface area (Å²) in [4.78, 5) is 50.0. The van der Waals surface area contributed by atoms with Crippen LogP contribution < -0.4 is 27.0 Å². The van der Waals surface area contributed by atoms with Crippen molar-refractivity contribution in [3.8, 4) is 0 Å². The van der Waals surface area contributed by atoms with Crippen molar-refractivity contribution in [3.05, 3.63) is 29.8 Å². The summed E-state index contributed by atoms with van der Waals surface area (Å²) in [6.07, 6.45) is -0.474. The highest BCUT2D eigenvalue weighted by molar-refractivity contribution is 5.98. The molecule has 1 unspecified atom stereocenters. The van der Waals surface area contributed by atoms with E-state index in [0.29, 0.717) is 18.7 Å². The van der Waals surface area contributed by atoms with Crippen molar-refractivity contribution >= 4 is 29.4 Å². The largest absolute Gasteiger partial charge is 0.461 e. The highest BCUT2D eigenvalue weighted by Gasteiger charge is 2.29. The SMILES string of the molecule is CC(C)C(=O)N[C@H](C(=O)N[C@@H](CCCNC(N)O)C(=O)Nc1ccc(COC(=O)C(C)C)cc1)C(C)C. The molecular formula is C26H43N5O6. The predicted molar refractivity (Wildman–Crippen MR) is 141 cm³/mol. The Balaban J connectivity index is 2.90. The van der Waals surface area contributed by atoms with Crippen LogP contribution >= 0.6 is 0 Å². The second kappa shape index (κ2) is 16.0. The smallest absolute Gasteiger partial charge is 0.308 e. The van der Waals surface area contributed by atoms with Gasteiger partial charge >= 0.3 is 5.97 Å². The minimum absolute atomic E-state index is 0.128. The van der Waals surface area contributed by atoms with Gasteiger partial charge in [0.15, 0.2) is 6.35 Å². The number of aliphatic hydroxyl groups is 1. The Hall–Kier alpha value is -3.02. The average Bonchev–Trinajstić information content (AvgIpc) is 2.82. The van der Waals surface area contributed by atoms with Crippen molar-refractivity contribution in [2.24, 2.45) is 23.5 Å². The Kier molecular flexibility index (Phi) is 13.8. The van der Waals surface area contributed by atoms with Crippen LogP contribution in [0.5, 0.6) is 0 Å². The maximum absolute atomic E-state index is 13.1. The van der Waals surface area contributed by atoms with Gasteiger partial charge in [-0.25, -0.2) is 0 Å². The van der Waals surface area contributed by atoms with Gasteiger partial charge in [-0.05, 0) is 43.0 Å². The number of nitrogens with two attached hydrogens (primary N) is 1. The first kappa shape index (κ1) is 32.0. The summed E-state index contributed by atoms with van der Waals surface area (Å²) in [6.45, 7) is 11.1. The first-order valence-corrected chi connectivity index (χ1v) is 12.7. The molecule has 0 aliphatic carbocycles. The third kappa shape index (κ3) is 12.2. The second-order valence-electron chi connectivity index (χ2n) is 9.94. The normalized spacial score (nSPS) is 13.7. The summed E-state index contributed by atoms with van der Waals surface area (Å²) >= 11 is 0. The summed E-state index contributed by atoms with van der Waals surface area (Å²) in [6, 6.07) is 5.14. The van der Waals surface area contributed by atoms with E-state index in [2.05, 4.69) is 21.3 Å². The van der Waals surface area contributed by atoms with Crippen LogP contribution in [0, 0.1) is 17.8 Å². The summed E-state index contributed by atoms with van der Waals surface area (Å²) < 4.78 is 5.21. The molecule has 0 saturated heterocycles. The topological polar surface area (TPSA) is 172 Å². The van der Waals surface area contributed by atoms with Gasteiger partial charge in [0, 0.05) is 11.6 Å². The molecule has 1 aromatic carbocycles. The standard InChI is InChI=1S/C26H43N5O6/c1-15(2)21(31-22(32)16(3)4)24(34)30-20(8-7-13-28-26(27)36)23(33)29-19-11-9-18(10-12-19)14-37-25(35)17(5)6/h9-12,15-17,20-21,26,28,36H,7-8,13-14,27H2,1-6H3,(H,29,33)(H,30,34)(H,31,32)/t20-,21-,26?/m0/s1. The molecule has 0 saturated carbocycles. The Bertz CT molecular complexity index is 886. The first-order valence-electron chi connectivity index (χ1n) is 12.7. The lowest BCUT2D eigenvalue weighted by atomic mass is 10.0. The van der Waals surface area contributed by atoms with Gasteiger partial charge in [0.2, 0.25) is 17.7 Å². The molecule has 3 amide bonds. The maximum Gasteiger partial charge on any atom is 0.308 e. The van der Waals surface area contributed by atoms with Crippen LogP contribution in [-0.4, -0.2) is 53.8 Å². The van der Waals surface area contributed by atoms with Crippen molar-refractivity contribution in [2.75, 3.05) is 11.9 Å². The van der Waals surface area contributed by atoms with Crippen molar-refractivity contribution in [1.29, 1.82) is 0 Å². The number of carbonyl (C=O) groups excluding carboxylic acids is 4. The number of anilines is 1. The molecule has 11 heteroatoms. The van der Waals surface area contributed by atoms with Crippen LogP contribution in [0.15, 0.2) is 24.3 Å². The van der Waals surface area contributed by atoms with E-state index in [1.165, 1.54) is 0 Å². The molecule has 1 aromatic rings. The Labute approximate surface area is 219 Å². The van der Waals surface area contributed by atoms with Gasteiger partial charge in [-0.1, -0.05) is 53.7 Å². The molecule has 11 nitrogen and oxygen atoms in total. The van der Waals surface area contributed by atoms with Gasteiger partial charge in [-0.2, -0.15) is 0 Å². The molecule has 3 atom stereocenters. The fourth-order valence-electron chi connectivity index (χ4n) is 3.18. The van der Waals surface area contributed by atoms with Gasteiger partial charge in [0.05, 0.1) is 5.92 Å². The quantitative estimate of drug-likeness (QED) is 0.114. The van der Waals surface area contributed by atoms with Gasteiger partial charge in [-0.15, -0.1) is 0 Å². The summed E-state index contributed by atoms with van der Waals surface area (Å²) in [5.74, 6) is -2.15. The molecule has 0 bridgehead atoms. The highest BCUT2D eigenvalue weighted by Crippen LogP contribution is 2.13. The molecule has 0 spiro atoms. The number of nitrogens with one attached hydrogen (secondary N) is 4. The van der Waals surface area contributed by atoms with Gasteiger partial charge in [-0.3, -0.25) is 30.2 Å². The maximum atomic E-state index is 13.1. The van der Waals surface area contributed by atoms with Crippen LogP contribution in [0.1, 0.15) is 59.9 Å². The first-order chi connectivity index (χ1) is 17.3. The molecular weight excluding hydrogens is 478 g/mol. The van der Waals surface area contributed by atoms with E-state index in [9.17, 15) is 24.3 Å². The monoisotopic (exact) mass is 521 g/mol. The zero-order valence-electron chi connectivity index (χ0n) is 22.7. The van der Waals surface area contributed by atoms with Crippen molar-refractivity contribution in [2.45, 2.75) is 79.4 Å². The van der Waals surface area contributed by atoms with E-state index in [-0.39, 0.29) is 42.7 Å². The summed E-state index contributed by atoms with van der Waals surface area (Å²) in [7, 11) is 0. The van der Waals surface area contributed by atoms with Crippen LogP contribution in [0.4, 0.5) is 5.69 Å². The molecule has 0 fully saturated rings. The number of hydrogen-bond acceptors (Lipinski definition) is 8. The van der Waals surface area contributed by atoms with Crippen LogP contribution in [0.25, 0.3) is 0 Å². The van der Waals surface area contributed by atoms with Crippen molar-refractivity contribution in [3.63, 3.8) is 0 Å². The van der Waals surface area contributed by atoms with Gasteiger partial charge < -0.3 is 25.8 Å². The number of aliphatic hydroxyl groups excluding tert-OH is 1. The predicted octanol–water partition coefficient (Wildman–Crippen LogP) is 1.21. The van der Waals surface area contributed by atoms with Gasteiger partial charge in [0.25, 0.3) is 0 Å². The van der Waals surface area contributed by atoms with E-state index in [1.54, 1.807) is 52.0 Å². The molecule has 0 aliphatic heterocycles. The number of ether oxygens (including phenoxy) is 1. The number of hydrogen-bond donors (Lipinski definition) is 6. The van der Waals surface area contributed by atoms with Crippen molar-refractivity contribution < 1.29 is 29.0 Å². The summed E-state index contributed by atoms with van der Waals surface area (Å²) in [5.41, 5.74) is 6.56. The molecule has 0 aromatic heterocycles. The fourth-order valence-corrected chi connectivity index (χ4v) is 3.18. The third-order valence-electron chi connectivity index (χ3n) is 5.50. The molecule has 7 N–H and O–H groups in total. The lowest BCUT2D eigenvalue weighted by molar-refractivity contribution is -0.148. The second-order valence-corrected chi connectivity index (χ2v) is 9.94. The molecule has 0 aliphatic rings. The zero-order valence-corrected chi connectivity index (χ0v) is 22.7. The van der Waals surface area contributed by atoms with E-state index in [0.717, 1.165) is 5.56 Å². The third-order valence-corrected chi connectivity index (χ3v) is 5.50. The molecule has 208 valence electrons. The minimum atomic E-state index is -1.18. The number of carbonyl (C=O) groups is 4. The number of esters is 1. The Morgan fingerprint density at radius 2 is 1.51 bits per heavy atom. The molecule has 0 radical (unpaired) electrons. The number of amides is 3. The molecule has 1 rings (SSSR count).